The van der Waals surface area contributed by atoms with Gasteiger partial charge in [0.25, 0.3) is 0 Å². The molecule has 0 aliphatic carbocycles. The van der Waals surface area contributed by atoms with E-state index in [0.717, 1.165) is 0 Å². The van der Waals surface area contributed by atoms with E-state index in [2.05, 4.69) is 0 Å². The second-order valence-corrected chi connectivity index (χ2v) is 3.77. The van der Waals surface area contributed by atoms with Crippen molar-refractivity contribution in [1.82, 2.24) is 0 Å². The van der Waals surface area contributed by atoms with Gasteiger partial charge in [-0.1, -0.05) is 0 Å². The summed E-state index contributed by atoms with van der Waals surface area (Å²) in [6.45, 7) is 1.27. The number of esters is 1. The van der Waals surface area contributed by atoms with Crippen LogP contribution in [-0.2, 0) is 9.59 Å². The maximum atomic E-state index is 12.1. The molecule has 0 fully saturated rings. The van der Waals surface area contributed by atoms with Crippen molar-refractivity contribution in [2.75, 3.05) is 0 Å². The van der Waals surface area contributed by atoms with Crippen LogP contribution in [0.25, 0.3) is 17.0 Å². The molecule has 0 aliphatic heterocycles. The van der Waals surface area contributed by atoms with Crippen LogP contribution in [0.3, 0.4) is 0 Å². The smallest absolute Gasteiger partial charge is 0.308 e. The number of carbonyl (C=O) groups excluding carboxylic acids is 2. The summed E-state index contributed by atoms with van der Waals surface area (Å²) in [5.74, 6) is -0.204. The fourth-order valence-electron chi connectivity index (χ4n) is 1.61. The van der Waals surface area contributed by atoms with E-state index in [1.165, 1.54) is 37.5 Å². The number of benzene rings is 1. The largest absolute Gasteiger partial charge is 0.463 e. The first-order chi connectivity index (χ1) is 9.11. The highest BCUT2D eigenvalue weighted by Crippen LogP contribution is 2.19. The number of hydrogen-bond acceptors (Lipinski definition) is 5. The van der Waals surface area contributed by atoms with Crippen molar-refractivity contribution in [1.29, 1.82) is 0 Å². The predicted octanol–water partition coefficient (Wildman–Crippen LogP) is 1.93. The number of carbonyl (C=O) groups is 2. The van der Waals surface area contributed by atoms with E-state index in [9.17, 15) is 14.4 Å². The summed E-state index contributed by atoms with van der Waals surface area (Å²) in [5.41, 5.74) is 0.331. The van der Waals surface area contributed by atoms with Crippen LogP contribution in [0.1, 0.15) is 12.5 Å². The topological polar surface area (TPSA) is 73.6 Å². The number of ether oxygens (including phenoxy) is 1. The molecule has 0 spiro atoms. The molecule has 0 radical (unpaired) electrons. The molecule has 0 aliphatic rings. The van der Waals surface area contributed by atoms with Crippen molar-refractivity contribution >= 4 is 29.3 Å². The Bertz CT molecular complexity index is 724. The van der Waals surface area contributed by atoms with Crippen LogP contribution in [-0.4, -0.2) is 12.3 Å². The molecular formula is C14H10O5. The normalized spacial score (nSPS) is 10.8. The number of fused-ring (bicyclic) bond motifs is 1. The third-order valence-corrected chi connectivity index (χ3v) is 2.39. The fraction of sp³-hybridized carbons (Fsp3) is 0.0714. The van der Waals surface area contributed by atoms with Crippen LogP contribution >= 0.6 is 0 Å². The highest BCUT2D eigenvalue weighted by atomic mass is 16.5. The minimum atomic E-state index is -0.472. The zero-order valence-electron chi connectivity index (χ0n) is 10.1. The van der Waals surface area contributed by atoms with Crippen LogP contribution in [0.15, 0.2) is 39.7 Å². The molecule has 0 saturated heterocycles. The third kappa shape index (κ3) is 2.77. The molecule has 0 atom stereocenters. The van der Waals surface area contributed by atoms with Crippen molar-refractivity contribution in [2.24, 2.45) is 0 Å². The van der Waals surface area contributed by atoms with Crippen LogP contribution in [0.4, 0.5) is 0 Å². The molecular weight excluding hydrogens is 248 g/mol. The van der Waals surface area contributed by atoms with Crippen LogP contribution in [0.2, 0.25) is 0 Å². The summed E-state index contributed by atoms with van der Waals surface area (Å²) in [6, 6.07) is 4.51. The monoisotopic (exact) mass is 258 g/mol. The number of rotatable bonds is 3. The third-order valence-electron chi connectivity index (χ3n) is 2.39. The summed E-state index contributed by atoms with van der Waals surface area (Å²) in [4.78, 5) is 33.2. The SMILES string of the molecule is CC(=O)Oc1ccc2occ(C=CC=O)c(=O)c2c1. The Morgan fingerprint density at radius 3 is 2.84 bits per heavy atom. The molecule has 0 saturated carbocycles. The Balaban J connectivity index is 2.58. The number of aldehydes is 1. The van der Waals surface area contributed by atoms with E-state index in [-0.39, 0.29) is 22.1 Å². The summed E-state index contributed by atoms with van der Waals surface area (Å²) in [5, 5.41) is 0.284. The molecule has 19 heavy (non-hydrogen) atoms. The Morgan fingerprint density at radius 2 is 2.16 bits per heavy atom. The van der Waals surface area contributed by atoms with E-state index in [1.54, 1.807) is 6.07 Å². The number of hydrogen-bond donors (Lipinski definition) is 0. The van der Waals surface area contributed by atoms with Gasteiger partial charge >= 0.3 is 5.97 Å². The molecule has 5 heteroatoms. The molecule has 1 heterocycles. The highest BCUT2D eigenvalue weighted by Gasteiger charge is 2.07. The zero-order valence-corrected chi connectivity index (χ0v) is 10.1. The van der Waals surface area contributed by atoms with Crippen LogP contribution < -0.4 is 10.2 Å². The number of allylic oxidation sites excluding steroid dienone is 1. The molecule has 0 unspecified atom stereocenters. The average molecular weight is 258 g/mol. The Kier molecular flexibility index (Phi) is 3.56. The minimum Gasteiger partial charge on any atom is -0.463 e. The molecule has 96 valence electrons. The van der Waals surface area contributed by atoms with Gasteiger partial charge in [0.1, 0.15) is 23.9 Å². The quantitative estimate of drug-likeness (QED) is 0.364. The maximum Gasteiger partial charge on any atom is 0.308 e. The van der Waals surface area contributed by atoms with Crippen molar-refractivity contribution in [3.8, 4) is 5.75 Å². The van der Waals surface area contributed by atoms with Gasteiger partial charge in [-0.05, 0) is 30.4 Å². The van der Waals surface area contributed by atoms with Gasteiger partial charge in [0.05, 0.1) is 10.9 Å². The summed E-state index contributed by atoms with van der Waals surface area (Å²) >= 11 is 0. The second kappa shape index (κ2) is 5.30. The second-order valence-electron chi connectivity index (χ2n) is 3.77. The Morgan fingerprint density at radius 1 is 1.37 bits per heavy atom. The fourth-order valence-corrected chi connectivity index (χ4v) is 1.61. The zero-order chi connectivity index (χ0) is 13.8. The van der Waals surface area contributed by atoms with Crippen molar-refractivity contribution < 1.29 is 18.7 Å². The first kappa shape index (κ1) is 12.8. The molecule has 1 aromatic heterocycles. The predicted molar refractivity (Wildman–Crippen MR) is 68.9 cm³/mol. The van der Waals surface area contributed by atoms with Gasteiger partial charge in [-0.3, -0.25) is 14.4 Å². The lowest BCUT2D eigenvalue weighted by Gasteiger charge is -2.03. The van der Waals surface area contributed by atoms with Gasteiger partial charge in [0.2, 0.25) is 0 Å². The van der Waals surface area contributed by atoms with Crippen molar-refractivity contribution in [3.05, 3.63) is 46.3 Å². The average Bonchev–Trinajstić information content (AvgIpc) is 2.38. The highest BCUT2D eigenvalue weighted by molar-refractivity contribution is 5.82. The van der Waals surface area contributed by atoms with Gasteiger partial charge in [0, 0.05) is 6.92 Å². The molecule has 2 aromatic rings. The summed E-state index contributed by atoms with van der Waals surface area (Å²) in [7, 11) is 0. The molecule has 0 bridgehead atoms. The van der Waals surface area contributed by atoms with Gasteiger partial charge in [-0.15, -0.1) is 0 Å². The Labute approximate surface area is 108 Å². The van der Waals surface area contributed by atoms with Crippen molar-refractivity contribution in [2.45, 2.75) is 6.92 Å². The summed E-state index contributed by atoms with van der Waals surface area (Å²) < 4.78 is 10.2. The standard InChI is InChI=1S/C14H10O5/c1-9(16)19-11-4-5-13-12(7-11)14(17)10(8-18-13)3-2-6-15/h2-8H,1H3. The van der Waals surface area contributed by atoms with E-state index in [4.69, 9.17) is 9.15 Å². The molecule has 5 nitrogen and oxygen atoms in total. The first-order valence-corrected chi connectivity index (χ1v) is 5.47. The minimum absolute atomic E-state index is 0.250. The molecule has 0 N–H and O–H groups in total. The van der Waals surface area contributed by atoms with E-state index < -0.39 is 5.97 Å². The van der Waals surface area contributed by atoms with Gasteiger partial charge in [-0.25, -0.2) is 0 Å². The first-order valence-electron chi connectivity index (χ1n) is 5.47. The van der Waals surface area contributed by atoms with Crippen molar-refractivity contribution in [3.63, 3.8) is 0 Å². The molecule has 0 amide bonds. The van der Waals surface area contributed by atoms with E-state index in [0.29, 0.717) is 11.9 Å². The lowest BCUT2D eigenvalue weighted by molar-refractivity contribution is -0.131. The van der Waals surface area contributed by atoms with E-state index >= 15 is 0 Å². The van der Waals surface area contributed by atoms with Gasteiger partial charge < -0.3 is 9.15 Å². The van der Waals surface area contributed by atoms with Crippen LogP contribution in [0, 0.1) is 0 Å². The van der Waals surface area contributed by atoms with Gasteiger partial charge in [0.15, 0.2) is 5.43 Å². The van der Waals surface area contributed by atoms with E-state index in [1.807, 2.05) is 0 Å². The summed E-state index contributed by atoms with van der Waals surface area (Å²) in [6.07, 6.45) is 4.40. The lowest BCUT2D eigenvalue weighted by Crippen LogP contribution is -2.06. The molecule has 2 rings (SSSR count). The lowest BCUT2D eigenvalue weighted by atomic mass is 10.1. The van der Waals surface area contributed by atoms with Gasteiger partial charge in [-0.2, -0.15) is 0 Å². The van der Waals surface area contributed by atoms with Crippen LogP contribution in [0.5, 0.6) is 5.75 Å². The maximum absolute atomic E-state index is 12.1. The molecule has 1 aromatic carbocycles. The Hall–Kier alpha value is -2.69.